The van der Waals surface area contributed by atoms with Crippen LogP contribution in [0.15, 0.2) is 47.6 Å². The number of anilines is 1. The Bertz CT molecular complexity index is 902. The number of nitrogens with zero attached hydrogens (tertiary/aromatic N) is 1. The molecule has 0 radical (unpaired) electrons. The normalized spacial score (nSPS) is 13.6. The maximum absolute atomic E-state index is 12.3. The van der Waals surface area contributed by atoms with Gasteiger partial charge in [0.25, 0.3) is 5.91 Å². The molecule has 0 bridgehead atoms. The summed E-state index contributed by atoms with van der Waals surface area (Å²) < 4.78 is 10.5. The Kier molecular flexibility index (Phi) is 5.93. The van der Waals surface area contributed by atoms with E-state index in [1.165, 1.54) is 0 Å². The van der Waals surface area contributed by atoms with E-state index in [4.69, 9.17) is 9.47 Å². The van der Waals surface area contributed by atoms with Crippen molar-refractivity contribution in [1.82, 2.24) is 5.43 Å². The maximum atomic E-state index is 12.3. The van der Waals surface area contributed by atoms with Crippen molar-refractivity contribution in [3.63, 3.8) is 0 Å². The Labute approximate surface area is 163 Å². The van der Waals surface area contributed by atoms with Gasteiger partial charge >= 0.3 is 0 Å². The second-order valence-electron chi connectivity index (χ2n) is 6.55. The average Bonchev–Trinajstić information content (AvgIpc) is 3.57. The molecule has 0 heterocycles. The van der Waals surface area contributed by atoms with Gasteiger partial charge in [-0.1, -0.05) is 0 Å². The summed E-state index contributed by atoms with van der Waals surface area (Å²) in [4.78, 5) is 24.1. The van der Waals surface area contributed by atoms with Crippen LogP contribution >= 0.6 is 0 Å². The minimum Gasteiger partial charge on any atom is -0.497 e. The van der Waals surface area contributed by atoms with E-state index in [2.05, 4.69) is 15.8 Å². The highest BCUT2D eigenvalue weighted by atomic mass is 16.5. The van der Waals surface area contributed by atoms with E-state index in [-0.39, 0.29) is 17.7 Å². The van der Waals surface area contributed by atoms with Crippen LogP contribution in [0.3, 0.4) is 0 Å². The number of nitrogens with one attached hydrogen (secondary N) is 2. The van der Waals surface area contributed by atoms with Gasteiger partial charge in [-0.05, 0) is 56.2 Å². The molecule has 0 aliphatic heterocycles. The van der Waals surface area contributed by atoms with E-state index in [1.54, 1.807) is 57.5 Å². The molecule has 0 saturated heterocycles. The molecule has 28 heavy (non-hydrogen) atoms. The lowest BCUT2D eigenvalue weighted by Gasteiger charge is -2.10. The summed E-state index contributed by atoms with van der Waals surface area (Å²) in [6.07, 6.45) is 1.89. The van der Waals surface area contributed by atoms with Crippen LogP contribution in [0.2, 0.25) is 0 Å². The van der Waals surface area contributed by atoms with Gasteiger partial charge in [-0.3, -0.25) is 9.59 Å². The Morgan fingerprint density at radius 1 is 1.04 bits per heavy atom. The van der Waals surface area contributed by atoms with Gasteiger partial charge in [0.15, 0.2) is 0 Å². The summed E-state index contributed by atoms with van der Waals surface area (Å²) in [5, 5.41) is 7.01. The monoisotopic (exact) mass is 381 g/mol. The number of hydrogen-bond acceptors (Lipinski definition) is 5. The van der Waals surface area contributed by atoms with E-state index in [0.29, 0.717) is 28.5 Å². The molecule has 0 aromatic heterocycles. The molecular weight excluding hydrogens is 358 g/mol. The van der Waals surface area contributed by atoms with Crippen LogP contribution in [0.1, 0.15) is 35.7 Å². The van der Waals surface area contributed by atoms with Gasteiger partial charge < -0.3 is 14.8 Å². The van der Waals surface area contributed by atoms with Gasteiger partial charge in [0.1, 0.15) is 11.5 Å². The third-order valence-electron chi connectivity index (χ3n) is 4.49. The highest BCUT2D eigenvalue weighted by Gasteiger charge is 2.29. The lowest BCUT2D eigenvalue weighted by molar-refractivity contribution is -0.117. The Morgan fingerprint density at radius 3 is 2.36 bits per heavy atom. The molecule has 2 amide bonds. The highest BCUT2D eigenvalue weighted by molar-refractivity contribution is 6.03. The minimum atomic E-state index is -0.341. The van der Waals surface area contributed by atoms with Crippen LogP contribution in [0.25, 0.3) is 0 Å². The van der Waals surface area contributed by atoms with Crippen LogP contribution in [-0.4, -0.2) is 31.7 Å². The van der Waals surface area contributed by atoms with E-state index >= 15 is 0 Å². The Morgan fingerprint density at radius 2 is 1.75 bits per heavy atom. The fourth-order valence-corrected chi connectivity index (χ4v) is 2.65. The zero-order valence-corrected chi connectivity index (χ0v) is 16.1. The second kappa shape index (κ2) is 8.56. The van der Waals surface area contributed by atoms with Crippen LogP contribution in [0.5, 0.6) is 11.5 Å². The number of rotatable bonds is 7. The van der Waals surface area contributed by atoms with E-state index in [0.717, 1.165) is 18.4 Å². The zero-order chi connectivity index (χ0) is 20.1. The first-order valence-electron chi connectivity index (χ1n) is 8.99. The molecule has 3 rings (SSSR count). The van der Waals surface area contributed by atoms with Crippen molar-refractivity contribution in [2.24, 2.45) is 11.0 Å². The standard InChI is InChI=1S/C21H23N3O4/c1-13(18-11-10-17(27-2)12-19(18)28-3)23-24-21(26)15-6-8-16(9-7-15)22-20(25)14-4-5-14/h6-12,14H,4-5H2,1-3H3,(H,22,25)(H,24,26). The largest absolute Gasteiger partial charge is 0.497 e. The maximum Gasteiger partial charge on any atom is 0.271 e. The fraction of sp³-hybridized carbons (Fsp3) is 0.286. The number of hydrogen-bond donors (Lipinski definition) is 2. The molecule has 146 valence electrons. The fourth-order valence-electron chi connectivity index (χ4n) is 2.65. The summed E-state index contributed by atoms with van der Waals surface area (Å²) in [6.45, 7) is 1.78. The summed E-state index contributed by atoms with van der Waals surface area (Å²) in [5.41, 5.74) is 5.01. The van der Waals surface area contributed by atoms with Crippen LogP contribution in [0.4, 0.5) is 5.69 Å². The number of ether oxygens (including phenoxy) is 2. The molecule has 1 fully saturated rings. The quantitative estimate of drug-likeness (QED) is 0.569. The van der Waals surface area contributed by atoms with Gasteiger partial charge in [0.2, 0.25) is 5.91 Å². The zero-order valence-electron chi connectivity index (χ0n) is 16.1. The van der Waals surface area contributed by atoms with Crippen molar-refractivity contribution >= 4 is 23.2 Å². The van der Waals surface area contributed by atoms with Crippen LogP contribution in [0, 0.1) is 5.92 Å². The Hall–Kier alpha value is -3.35. The van der Waals surface area contributed by atoms with E-state index in [9.17, 15) is 9.59 Å². The second-order valence-corrected chi connectivity index (χ2v) is 6.55. The highest BCUT2D eigenvalue weighted by Crippen LogP contribution is 2.30. The van der Waals surface area contributed by atoms with Gasteiger partial charge in [-0.25, -0.2) is 5.43 Å². The molecule has 0 atom stereocenters. The van der Waals surface area contributed by atoms with Gasteiger partial charge in [0, 0.05) is 28.8 Å². The van der Waals surface area contributed by atoms with Crippen molar-refractivity contribution in [1.29, 1.82) is 0 Å². The lowest BCUT2D eigenvalue weighted by atomic mass is 10.1. The Balaban J connectivity index is 1.64. The number of benzene rings is 2. The summed E-state index contributed by atoms with van der Waals surface area (Å²) in [5.74, 6) is 1.10. The summed E-state index contributed by atoms with van der Waals surface area (Å²) in [7, 11) is 3.14. The van der Waals surface area contributed by atoms with Crippen molar-refractivity contribution in [3.05, 3.63) is 53.6 Å². The van der Waals surface area contributed by atoms with Gasteiger partial charge in [-0.2, -0.15) is 5.10 Å². The SMILES string of the molecule is COc1ccc(C(C)=NNC(=O)c2ccc(NC(=O)C3CC3)cc2)c(OC)c1. The molecule has 0 unspecified atom stereocenters. The van der Waals surface area contributed by atoms with E-state index < -0.39 is 0 Å². The predicted molar refractivity (Wildman–Crippen MR) is 107 cm³/mol. The van der Waals surface area contributed by atoms with Crippen molar-refractivity contribution in [2.75, 3.05) is 19.5 Å². The first-order chi connectivity index (χ1) is 13.5. The van der Waals surface area contributed by atoms with Crippen LogP contribution in [-0.2, 0) is 4.79 Å². The molecule has 1 aliphatic rings. The predicted octanol–water partition coefficient (Wildman–Crippen LogP) is 3.21. The van der Waals surface area contributed by atoms with Crippen molar-refractivity contribution in [2.45, 2.75) is 19.8 Å². The van der Waals surface area contributed by atoms with E-state index in [1.807, 2.05) is 6.07 Å². The topological polar surface area (TPSA) is 89.0 Å². The molecule has 0 spiro atoms. The number of amides is 2. The molecule has 7 nitrogen and oxygen atoms in total. The number of carbonyl (C=O) groups excluding carboxylic acids is 2. The first-order valence-corrected chi connectivity index (χ1v) is 8.99. The number of methoxy groups -OCH3 is 2. The molecule has 2 aromatic carbocycles. The first kappa shape index (κ1) is 19.4. The molecule has 7 heteroatoms. The van der Waals surface area contributed by atoms with Crippen molar-refractivity contribution in [3.8, 4) is 11.5 Å². The van der Waals surface area contributed by atoms with Crippen molar-refractivity contribution < 1.29 is 19.1 Å². The summed E-state index contributed by atoms with van der Waals surface area (Å²) >= 11 is 0. The van der Waals surface area contributed by atoms with Crippen LogP contribution < -0.4 is 20.2 Å². The molecule has 1 aliphatic carbocycles. The van der Waals surface area contributed by atoms with Gasteiger partial charge in [0.05, 0.1) is 19.9 Å². The third-order valence-corrected chi connectivity index (χ3v) is 4.49. The molecule has 2 N–H and O–H groups in total. The smallest absolute Gasteiger partial charge is 0.271 e. The number of carbonyl (C=O) groups is 2. The minimum absolute atomic E-state index is 0.0332. The average molecular weight is 381 g/mol. The third kappa shape index (κ3) is 4.68. The lowest BCUT2D eigenvalue weighted by Crippen LogP contribution is -2.19. The molecule has 1 saturated carbocycles. The summed E-state index contributed by atoms with van der Waals surface area (Å²) in [6, 6.07) is 12.1. The number of hydrazone groups is 1. The molecular formula is C21H23N3O4. The molecule has 2 aromatic rings. The van der Waals surface area contributed by atoms with Gasteiger partial charge in [-0.15, -0.1) is 0 Å².